The number of thiazole rings is 1. The number of carbonyl (C=O) groups is 1. The van der Waals surface area contributed by atoms with E-state index in [9.17, 15) is 4.79 Å². The van der Waals surface area contributed by atoms with Gasteiger partial charge in [0.15, 0.2) is 5.16 Å². The van der Waals surface area contributed by atoms with Crippen LogP contribution in [0.1, 0.15) is 48.4 Å². The molecular weight excluding hydrogens is 308 g/mol. The normalized spacial score (nSPS) is 12.8. The lowest BCUT2D eigenvalue weighted by Gasteiger charge is -2.17. The average molecular weight is 326 g/mol. The van der Waals surface area contributed by atoms with Crippen molar-refractivity contribution in [2.24, 2.45) is 0 Å². The number of aromatic nitrogens is 4. The lowest BCUT2D eigenvalue weighted by Crippen LogP contribution is -2.13. The second-order valence-electron chi connectivity index (χ2n) is 5.03. The van der Waals surface area contributed by atoms with E-state index in [1.807, 2.05) is 38.5 Å². The van der Waals surface area contributed by atoms with Gasteiger partial charge in [0.05, 0.1) is 11.8 Å². The van der Waals surface area contributed by atoms with Crippen LogP contribution >= 0.6 is 23.1 Å². The van der Waals surface area contributed by atoms with Crippen LogP contribution in [-0.4, -0.2) is 36.6 Å². The van der Waals surface area contributed by atoms with E-state index in [0.717, 1.165) is 15.7 Å². The third kappa shape index (κ3) is 3.62. The highest BCUT2D eigenvalue weighted by Gasteiger charge is 2.23. The highest BCUT2D eigenvalue weighted by Crippen LogP contribution is 2.30. The van der Waals surface area contributed by atoms with Gasteiger partial charge in [-0.25, -0.2) is 4.98 Å². The molecule has 0 fully saturated rings. The fourth-order valence-electron chi connectivity index (χ4n) is 1.95. The van der Waals surface area contributed by atoms with E-state index in [0.29, 0.717) is 5.16 Å². The largest absolute Gasteiger partial charge is 0.481 e. The first-order valence-corrected chi connectivity index (χ1v) is 8.42. The minimum absolute atomic E-state index is 0.00704. The maximum Gasteiger partial charge on any atom is 0.313 e. The Labute approximate surface area is 131 Å². The zero-order valence-electron chi connectivity index (χ0n) is 12.4. The third-order valence-electron chi connectivity index (χ3n) is 2.92. The predicted molar refractivity (Wildman–Crippen MR) is 83.1 cm³/mol. The van der Waals surface area contributed by atoms with Crippen LogP contribution in [0.5, 0.6) is 0 Å². The third-order valence-corrected chi connectivity index (χ3v) is 4.93. The van der Waals surface area contributed by atoms with E-state index < -0.39 is 5.97 Å². The van der Waals surface area contributed by atoms with Gasteiger partial charge in [0.1, 0.15) is 10.8 Å². The summed E-state index contributed by atoms with van der Waals surface area (Å²) in [4.78, 5) is 16.4. The monoisotopic (exact) mass is 326 g/mol. The first kappa shape index (κ1) is 16.0. The number of rotatable bonds is 6. The maximum absolute atomic E-state index is 10.8. The Morgan fingerprint density at radius 3 is 2.67 bits per heavy atom. The molecule has 0 radical (unpaired) electrons. The summed E-state index contributed by atoms with van der Waals surface area (Å²) in [6.07, 6.45) is 1.85. The number of aryl methyl sites for hydroxylation is 1. The number of thioether (sulfide) groups is 1. The van der Waals surface area contributed by atoms with Gasteiger partial charge in [-0.05, 0) is 13.8 Å². The highest BCUT2D eigenvalue weighted by molar-refractivity contribution is 7.99. The summed E-state index contributed by atoms with van der Waals surface area (Å²) in [6, 6.07) is -0.00704. The molecule has 2 aromatic rings. The zero-order valence-corrected chi connectivity index (χ0v) is 14.0. The first-order chi connectivity index (χ1) is 9.90. The highest BCUT2D eigenvalue weighted by atomic mass is 32.2. The van der Waals surface area contributed by atoms with Crippen molar-refractivity contribution in [1.82, 2.24) is 19.7 Å². The van der Waals surface area contributed by atoms with Crippen LogP contribution in [0.2, 0.25) is 0 Å². The van der Waals surface area contributed by atoms with Crippen LogP contribution in [0.3, 0.4) is 0 Å². The van der Waals surface area contributed by atoms with Crippen molar-refractivity contribution in [3.05, 3.63) is 21.9 Å². The van der Waals surface area contributed by atoms with Crippen molar-refractivity contribution in [1.29, 1.82) is 0 Å². The molecule has 1 atom stereocenters. The fourth-order valence-corrected chi connectivity index (χ4v) is 3.51. The lowest BCUT2D eigenvalue weighted by molar-refractivity contribution is -0.133. The molecule has 1 unspecified atom stereocenters. The Kier molecular flexibility index (Phi) is 5.00. The van der Waals surface area contributed by atoms with Gasteiger partial charge >= 0.3 is 5.97 Å². The molecule has 1 N–H and O–H groups in total. The average Bonchev–Trinajstić information content (AvgIpc) is 3.01. The summed E-state index contributed by atoms with van der Waals surface area (Å²) in [7, 11) is 0. The summed E-state index contributed by atoms with van der Waals surface area (Å²) >= 11 is 2.82. The molecule has 0 aromatic carbocycles. The van der Waals surface area contributed by atoms with E-state index in [4.69, 9.17) is 5.11 Å². The smallest absolute Gasteiger partial charge is 0.313 e. The Hall–Kier alpha value is -1.41. The second-order valence-corrected chi connectivity index (χ2v) is 7.24. The SMILES string of the molecule is Cc1cnc(C(C)n2c(SCC(=O)O)nnc2C(C)C)s1. The molecule has 0 aliphatic heterocycles. The topological polar surface area (TPSA) is 80.9 Å². The number of hydrogen-bond donors (Lipinski definition) is 1. The van der Waals surface area contributed by atoms with Crippen molar-refractivity contribution >= 4 is 29.1 Å². The molecule has 2 aromatic heterocycles. The number of nitrogens with zero attached hydrogens (tertiary/aromatic N) is 4. The van der Waals surface area contributed by atoms with E-state index >= 15 is 0 Å². The van der Waals surface area contributed by atoms with Crippen LogP contribution in [0.15, 0.2) is 11.4 Å². The van der Waals surface area contributed by atoms with Gasteiger partial charge in [-0.3, -0.25) is 9.36 Å². The Morgan fingerprint density at radius 2 is 2.14 bits per heavy atom. The molecule has 0 saturated carbocycles. The van der Waals surface area contributed by atoms with Gasteiger partial charge in [-0.2, -0.15) is 0 Å². The van der Waals surface area contributed by atoms with Gasteiger partial charge in [0.2, 0.25) is 0 Å². The standard InChI is InChI=1S/C13H18N4O2S2/c1-7(2)11-15-16-13(20-6-10(18)19)17(11)9(4)12-14-5-8(3)21-12/h5,7,9H,6H2,1-4H3,(H,18,19). The predicted octanol–water partition coefficient (Wildman–Crippen LogP) is 2.95. The summed E-state index contributed by atoms with van der Waals surface area (Å²) in [5, 5.41) is 18.8. The van der Waals surface area contributed by atoms with E-state index in [-0.39, 0.29) is 17.7 Å². The molecular formula is C13H18N4O2S2. The molecule has 0 amide bonds. The molecule has 0 aliphatic carbocycles. The van der Waals surface area contributed by atoms with E-state index in [1.54, 1.807) is 11.3 Å². The summed E-state index contributed by atoms with van der Waals surface area (Å²) in [5.74, 6) is 0.168. The van der Waals surface area contributed by atoms with Crippen molar-refractivity contribution in [2.45, 2.75) is 44.8 Å². The van der Waals surface area contributed by atoms with Gasteiger partial charge < -0.3 is 5.11 Å². The van der Waals surface area contributed by atoms with Gasteiger partial charge in [0, 0.05) is 17.0 Å². The minimum atomic E-state index is -0.863. The molecule has 0 bridgehead atoms. The van der Waals surface area contributed by atoms with Crippen LogP contribution in [0.25, 0.3) is 0 Å². The Bertz CT molecular complexity index is 636. The van der Waals surface area contributed by atoms with Crippen LogP contribution in [0.4, 0.5) is 0 Å². The van der Waals surface area contributed by atoms with Crippen molar-refractivity contribution in [2.75, 3.05) is 5.75 Å². The molecule has 8 heteroatoms. The summed E-state index contributed by atoms with van der Waals surface area (Å²) in [5.41, 5.74) is 0. The van der Waals surface area contributed by atoms with E-state index in [2.05, 4.69) is 15.2 Å². The first-order valence-electron chi connectivity index (χ1n) is 6.61. The molecule has 2 rings (SSSR count). The molecule has 0 aliphatic rings. The van der Waals surface area contributed by atoms with Gasteiger partial charge in [-0.15, -0.1) is 21.5 Å². The minimum Gasteiger partial charge on any atom is -0.481 e. The van der Waals surface area contributed by atoms with Crippen LogP contribution < -0.4 is 0 Å². The summed E-state index contributed by atoms with van der Waals surface area (Å²) < 4.78 is 2.00. The molecule has 114 valence electrons. The Morgan fingerprint density at radius 1 is 1.43 bits per heavy atom. The quantitative estimate of drug-likeness (QED) is 0.822. The molecule has 21 heavy (non-hydrogen) atoms. The number of aliphatic carboxylic acids is 1. The fraction of sp³-hybridized carbons (Fsp3) is 0.538. The molecule has 0 saturated heterocycles. The number of carboxylic acids is 1. The number of hydrogen-bond acceptors (Lipinski definition) is 6. The zero-order chi connectivity index (χ0) is 15.6. The van der Waals surface area contributed by atoms with Crippen molar-refractivity contribution in [3.63, 3.8) is 0 Å². The van der Waals surface area contributed by atoms with Crippen molar-refractivity contribution in [3.8, 4) is 0 Å². The maximum atomic E-state index is 10.8. The van der Waals surface area contributed by atoms with Crippen LogP contribution in [-0.2, 0) is 4.79 Å². The summed E-state index contributed by atoms with van der Waals surface area (Å²) in [6.45, 7) is 8.15. The van der Waals surface area contributed by atoms with E-state index in [1.165, 1.54) is 11.8 Å². The lowest BCUT2D eigenvalue weighted by atomic mass is 10.2. The van der Waals surface area contributed by atoms with Crippen molar-refractivity contribution < 1.29 is 9.90 Å². The second kappa shape index (κ2) is 6.57. The molecule has 2 heterocycles. The Balaban J connectivity index is 2.38. The van der Waals surface area contributed by atoms with Gasteiger partial charge in [0.25, 0.3) is 0 Å². The number of carboxylic acid groups (broad SMARTS) is 1. The molecule has 0 spiro atoms. The van der Waals surface area contributed by atoms with Crippen LogP contribution in [0, 0.1) is 6.92 Å². The molecule has 6 nitrogen and oxygen atoms in total. The van der Waals surface area contributed by atoms with Gasteiger partial charge in [-0.1, -0.05) is 25.6 Å².